The van der Waals surface area contributed by atoms with E-state index in [4.69, 9.17) is 0 Å². The molecule has 0 aromatic heterocycles. The maximum absolute atomic E-state index is 3.62. The van der Waals surface area contributed by atoms with Gasteiger partial charge in [-0.1, -0.05) is 42.0 Å². The van der Waals surface area contributed by atoms with Crippen LogP contribution >= 0.6 is 0 Å². The van der Waals surface area contributed by atoms with Crippen LogP contribution in [0.25, 0.3) is 0 Å². The van der Waals surface area contributed by atoms with E-state index >= 15 is 0 Å². The number of hydrogen-bond donors (Lipinski definition) is 1. The Bertz CT molecular complexity index is 532. The second-order valence-corrected chi connectivity index (χ2v) is 4.92. The van der Waals surface area contributed by atoms with Gasteiger partial charge in [-0.2, -0.15) is 0 Å². The van der Waals surface area contributed by atoms with Crippen molar-refractivity contribution in [2.24, 2.45) is 0 Å². The van der Waals surface area contributed by atoms with Gasteiger partial charge in [0.05, 0.1) is 6.04 Å². The van der Waals surface area contributed by atoms with Gasteiger partial charge in [0.25, 0.3) is 0 Å². The van der Waals surface area contributed by atoms with Crippen LogP contribution < -0.4 is 5.32 Å². The summed E-state index contributed by atoms with van der Waals surface area (Å²) in [6.07, 6.45) is 1.10. The van der Waals surface area contributed by atoms with Crippen LogP contribution in [-0.4, -0.2) is 0 Å². The number of benzene rings is 2. The molecule has 0 bridgehead atoms. The Morgan fingerprint density at radius 1 is 1.06 bits per heavy atom. The van der Waals surface area contributed by atoms with Crippen LogP contribution in [-0.2, 0) is 6.42 Å². The van der Waals surface area contributed by atoms with E-state index in [2.05, 4.69) is 61.6 Å². The van der Waals surface area contributed by atoms with E-state index in [1.807, 2.05) is 0 Å². The smallest absolute Gasteiger partial charge is 0.0557 e. The molecule has 1 atom stereocenters. The maximum atomic E-state index is 3.62. The second-order valence-electron chi connectivity index (χ2n) is 4.92. The minimum absolute atomic E-state index is 0.437. The highest BCUT2D eigenvalue weighted by molar-refractivity contribution is 5.58. The molecule has 2 aromatic rings. The molecule has 3 rings (SSSR count). The van der Waals surface area contributed by atoms with Crippen molar-refractivity contribution in [3.05, 3.63) is 64.7 Å². The Morgan fingerprint density at radius 3 is 2.71 bits per heavy atom. The lowest BCUT2D eigenvalue weighted by Gasteiger charge is -2.15. The molecule has 0 saturated carbocycles. The highest BCUT2D eigenvalue weighted by Crippen LogP contribution is 2.35. The van der Waals surface area contributed by atoms with E-state index in [1.165, 1.54) is 27.9 Å². The molecule has 0 aliphatic carbocycles. The second kappa shape index (κ2) is 3.92. The number of anilines is 1. The zero-order valence-corrected chi connectivity index (χ0v) is 10.3. The number of nitrogens with one attached hydrogen (secondary N) is 1. The molecule has 1 heterocycles. The quantitative estimate of drug-likeness (QED) is 0.770. The molecule has 86 valence electrons. The van der Waals surface area contributed by atoms with Crippen LogP contribution in [0.15, 0.2) is 42.5 Å². The van der Waals surface area contributed by atoms with Gasteiger partial charge in [0.2, 0.25) is 0 Å². The van der Waals surface area contributed by atoms with Gasteiger partial charge in [0, 0.05) is 5.69 Å². The molecule has 1 aliphatic heterocycles. The Balaban J connectivity index is 1.96. The molecule has 0 saturated heterocycles. The Hall–Kier alpha value is -1.76. The first kappa shape index (κ1) is 10.4. The molecule has 1 nitrogen and oxygen atoms in total. The predicted molar refractivity (Wildman–Crippen MR) is 72.4 cm³/mol. The third kappa shape index (κ3) is 1.82. The van der Waals surface area contributed by atoms with Gasteiger partial charge in [-0.3, -0.25) is 0 Å². The minimum Gasteiger partial charge on any atom is -0.378 e. The first-order chi connectivity index (χ1) is 8.24. The highest BCUT2D eigenvalue weighted by atomic mass is 14.9. The van der Waals surface area contributed by atoms with Crippen LogP contribution in [0.2, 0.25) is 0 Å². The van der Waals surface area contributed by atoms with E-state index in [0.717, 1.165) is 6.42 Å². The molecule has 0 radical (unpaired) electrons. The minimum atomic E-state index is 0.437. The SMILES string of the molecule is Cc1ccc(C)c(C2Cc3ccccc3N2)c1. The Kier molecular flexibility index (Phi) is 2.40. The molecule has 17 heavy (non-hydrogen) atoms. The summed E-state index contributed by atoms with van der Waals surface area (Å²) in [5.74, 6) is 0. The van der Waals surface area contributed by atoms with Gasteiger partial charge in [-0.25, -0.2) is 0 Å². The van der Waals surface area contributed by atoms with Crippen LogP contribution in [0, 0.1) is 13.8 Å². The van der Waals surface area contributed by atoms with Crippen molar-refractivity contribution in [2.75, 3.05) is 5.32 Å². The fraction of sp³-hybridized carbons (Fsp3) is 0.250. The third-order valence-corrected chi connectivity index (χ3v) is 3.58. The molecule has 0 fully saturated rings. The van der Waals surface area contributed by atoms with Crippen LogP contribution in [0.4, 0.5) is 5.69 Å². The summed E-state index contributed by atoms with van der Waals surface area (Å²) < 4.78 is 0. The number of hydrogen-bond acceptors (Lipinski definition) is 1. The average Bonchev–Trinajstić information content (AvgIpc) is 2.75. The van der Waals surface area contributed by atoms with Gasteiger partial charge in [-0.15, -0.1) is 0 Å². The fourth-order valence-corrected chi connectivity index (χ4v) is 2.62. The van der Waals surface area contributed by atoms with Crippen molar-refractivity contribution in [3.8, 4) is 0 Å². The van der Waals surface area contributed by atoms with Crippen LogP contribution in [0.1, 0.15) is 28.3 Å². The van der Waals surface area contributed by atoms with Crippen molar-refractivity contribution in [1.82, 2.24) is 0 Å². The Morgan fingerprint density at radius 2 is 1.88 bits per heavy atom. The average molecular weight is 223 g/mol. The van der Waals surface area contributed by atoms with Crippen molar-refractivity contribution in [3.63, 3.8) is 0 Å². The summed E-state index contributed by atoms with van der Waals surface area (Å²) in [5.41, 5.74) is 6.86. The lowest BCUT2D eigenvalue weighted by Crippen LogP contribution is -2.07. The van der Waals surface area contributed by atoms with Crippen molar-refractivity contribution in [1.29, 1.82) is 0 Å². The zero-order valence-electron chi connectivity index (χ0n) is 10.3. The van der Waals surface area contributed by atoms with Gasteiger partial charge in [0.15, 0.2) is 0 Å². The van der Waals surface area contributed by atoms with E-state index in [9.17, 15) is 0 Å². The predicted octanol–water partition coefficient (Wildman–Crippen LogP) is 4.01. The Labute approximate surface area is 102 Å². The van der Waals surface area contributed by atoms with Crippen LogP contribution in [0.3, 0.4) is 0 Å². The topological polar surface area (TPSA) is 12.0 Å². The number of para-hydroxylation sites is 1. The van der Waals surface area contributed by atoms with E-state index in [0.29, 0.717) is 6.04 Å². The molecule has 1 N–H and O–H groups in total. The normalized spacial score (nSPS) is 17.6. The lowest BCUT2D eigenvalue weighted by atomic mass is 9.97. The zero-order chi connectivity index (χ0) is 11.8. The summed E-state index contributed by atoms with van der Waals surface area (Å²) in [4.78, 5) is 0. The summed E-state index contributed by atoms with van der Waals surface area (Å²) in [5, 5.41) is 3.62. The van der Waals surface area contributed by atoms with E-state index in [-0.39, 0.29) is 0 Å². The molecule has 1 heteroatoms. The molecule has 2 aromatic carbocycles. The summed E-state index contributed by atoms with van der Waals surface area (Å²) in [6.45, 7) is 4.35. The summed E-state index contributed by atoms with van der Waals surface area (Å²) >= 11 is 0. The fourth-order valence-electron chi connectivity index (χ4n) is 2.62. The first-order valence-electron chi connectivity index (χ1n) is 6.15. The van der Waals surface area contributed by atoms with Gasteiger partial charge < -0.3 is 5.32 Å². The van der Waals surface area contributed by atoms with Gasteiger partial charge in [-0.05, 0) is 43.0 Å². The number of fused-ring (bicyclic) bond motifs is 1. The van der Waals surface area contributed by atoms with Crippen LogP contribution in [0.5, 0.6) is 0 Å². The summed E-state index contributed by atoms with van der Waals surface area (Å²) in [7, 11) is 0. The molecular weight excluding hydrogens is 206 g/mol. The molecule has 0 spiro atoms. The number of rotatable bonds is 1. The van der Waals surface area contributed by atoms with Gasteiger partial charge in [0.1, 0.15) is 0 Å². The lowest BCUT2D eigenvalue weighted by molar-refractivity contribution is 0.815. The van der Waals surface area contributed by atoms with Crippen molar-refractivity contribution in [2.45, 2.75) is 26.3 Å². The van der Waals surface area contributed by atoms with Crippen molar-refractivity contribution < 1.29 is 0 Å². The standard InChI is InChI=1S/C16H17N/c1-11-7-8-12(2)14(9-11)16-10-13-5-3-4-6-15(13)17-16/h3-9,16-17H,10H2,1-2H3. The molecule has 1 aliphatic rings. The van der Waals surface area contributed by atoms with E-state index < -0.39 is 0 Å². The number of aryl methyl sites for hydroxylation is 2. The maximum Gasteiger partial charge on any atom is 0.0557 e. The molecular formula is C16H17N. The largest absolute Gasteiger partial charge is 0.378 e. The highest BCUT2D eigenvalue weighted by Gasteiger charge is 2.22. The molecule has 0 amide bonds. The van der Waals surface area contributed by atoms with Crippen molar-refractivity contribution >= 4 is 5.69 Å². The first-order valence-corrected chi connectivity index (χ1v) is 6.15. The van der Waals surface area contributed by atoms with E-state index in [1.54, 1.807) is 0 Å². The monoisotopic (exact) mass is 223 g/mol. The summed E-state index contributed by atoms with van der Waals surface area (Å²) in [6, 6.07) is 15.7. The van der Waals surface area contributed by atoms with Gasteiger partial charge >= 0.3 is 0 Å². The molecule has 1 unspecified atom stereocenters. The third-order valence-electron chi connectivity index (χ3n) is 3.58.